The number of rotatable bonds is 10. The van der Waals surface area contributed by atoms with E-state index in [2.05, 4.69) is 89.0 Å². The summed E-state index contributed by atoms with van der Waals surface area (Å²) in [6, 6.07) is 3.76. The number of Topliss-reactive ketones (excluding diaryl/α,β-unsaturated/α-hetero) is 1. The van der Waals surface area contributed by atoms with Crippen molar-refractivity contribution in [2.45, 2.75) is 148 Å². The summed E-state index contributed by atoms with van der Waals surface area (Å²) >= 11 is 10.3. The van der Waals surface area contributed by atoms with E-state index in [1.165, 1.54) is 0 Å². The number of hydrogen-bond acceptors (Lipinski definition) is 6. The number of amides is 2. The van der Waals surface area contributed by atoms with Crippen molar-refractivity contribution < 1.29 is 28.0 Å². The standard InChI is InChI=1S/C36H60BrClN2O6Si2/c1-32(2,3)44-31(43)40-18-14-17-35(24-40)22-36(23-35,46-48(12,13)34(7,8)9)30(42)39-21-25(41)15-16-27-28(37)19-26(20-29(27)38)45-47(10,11)33(4,5)6/h19-20H,14-18,21-24H2,1-13H3,(H,39,42). The fourth-order valence-electron chi connectivity index (χ4n) is 6.08. The maximum absolute atomic E-state index is 14.0. The number of carbonyl (C=O) groups is 3. The van der Waals surface area contributed by atoms with Gasteiger partial charge in [0.2, 0.25) is 8.32 Å². The van der Waals surface area contributed by atoms with Gasteiger partial charge in [-0.05, 0) is 112 Å². The van der Waals surface area contributed by atoms with Crippen molar-refractivity contribution in [1.82, 2.24) is 10.2 Å². The van der Waals surface area contributed by atoms with Gasteiger partial charge in [-0.15, -0.1) is 0 Å². The van der Waals surface area contributed by atoms with Crippen molar-refractivity contribution in [2.75, 3.05) is 19.6 Å². The zero-order valence-electron chi connectivity index (χ0n) is 31.7. The van der Waals surface area contributed by atoms with Gasteiger partial charge in [0.25, 0.3) is 5.91 Å². The number of halogens is 2. The van der Waals surface area contributed by atoms with Gasteiger partial charge in [-0.1, -0.05) is 69.1 Å². The zero-order valence-corrected chi connectivity index (χ0v) is 36.0. The number of ketones is 1. The molecule has 1 aromatic rings. The van der Waals surface area contributed by atoms with Gasteiger partial charge in [0.1, 0.15) is 17.0 Å². The third kappa shape index (κ3) is 9.88. The molecule has 12 heteroatoms. The highest BCUT2D eigenvalue weighted by Gasteiger charge is 2.63. The van der Waals surface area contributed by atoms with Crippen LogP contribution in [0.4, 0.5) is 4.79 Å². The van der Waals surface area contributed by atoms with E-state index in [9.17, 15) is 14.4 Å². The second kappa shape index (κ2) is 14.3. The fraction of sp³-hybridized carbons (Fsp3) is 0.750. The van der Waals surface area contributed by atoms with Gasteiger partial charge in [-0.3, -0.25) is 9.59 Å². The molecule has 1 spiro atoms. The summed E-state index contributed by atoms with van der Waals surface area (Å²) in [7, 11) is -4.40. The van der Waals surface area contributed by atoms with Crippen molar-refractivity contribution >= 4 is 61.9 Å². The van der Waals surface area contributed by atoms with Crippen LogP contribution in [0.3, 0.4) is 0 Å². The van der Waals surface area contributed by atoms with Crippen LogP contribution in [0.5, 0.6) is 5.75 Å². The van der Waals surface area contributed by atoms with Crippen LogP contribution < -0.4 is 9.74 Å². The van der Waals surface area contributed by atoms with Crippen LogP contribution in [0.1, 0.15) is 100.0 Å². The molecule has 0 atom stereocenters. The lowest BCUT2D eigenvalue weighted by Gasteiger charge is -2.60. The number of carbonyl (C=O) groups excluding carboxylic acids is 3. The molecule has 2 fully saturated rings. The summed E-state index contributed by atoms with van der Waals surface area (Å²) in [5.74, 6) is 0.392. The Kier molecular flexibility index (Phi) is 12.2. The van der Waals surface area contributed by atoms with Crippen LogP contribution in [0.15, 0.2) is 16.6 Å². The molecule has 1 N–H and O–H groups in total. The first kappa shape index (κ1) is 41.0. The highest BCUT2D eigenvalue weighted by molar-refractivity contribution is 9.10. The second-order valence-corrected chi connectivity index (χ2v) is 28.9. The lowest BCUT2D eigenvalue weighted by atomic mass is 9.55. The molecule has 1 heterocycles. The lowest BCUT2D eigenvalue weighted by Crippen LogP contribution is -2.69. The van der Waals surface area contributed by atoms with Crippen LogP contribution in [0, 0.1) is 5.41 Å². The van der Waals surface area contributed by atoms with E-state index in [0.717, 1.165) is 28.6 Å². The molecule has 1 saturated heterocycles. The van der Waals surface area contributed by atoms with Crippen LogP contribution in [0.2, 0.25) is 41.3 Å². The Morgan fingerprint density at radius 2 is 1.54 bits per heavy atom. The van der Waals surface area contributed by atoms with E-state index in [0.29, 0.717) is 37.4 Å². The summed E-state index contributed by atoms with van der Waals surface area (Å²) in [6.45, 7) is 28.4. The van der Waals surface area contributed by atoms with Gasteiger partial charge in [-0.25, -0.2) is 4.79 Å². The first-order valence-corrected chi connectivity index (χ1v) is 24.2. The van der Waals surface area contributed by atoms with Gasteiger partial charge in [-0.2, -0.15) is 0 Å². The Morgan fingerprint density at radius 3 is 2.06 bits per heavy atom. The Bertz CT molecular complexity index is 1350. The second-order valence-electron chi connectivity index (χ2n) is 18.2. The number of ether oxygens (including phenoxy) is 1. The first-order valence-electron chi connectivity index (χ1n) is 17.3. The Morgan fingerprint density at radius 1 is 0.958 bits per heavy atom. The summed E-state index contributed by atoms with van der Waals surface area (Å²) in [5, 5.41) is 3.43. The molecule has 1 aliphatic carbocycles. The van der Waals surface area contributed by atoms with Crippen molar-refractivity contribution in [1.29, 1.82) is 0 Å². The molecule has 0 radical (unpaired) electrons. The highest BCUT2D eigenvalue weighted by atomic mass is 79.9. The zero-order chi connectivity index (χ0) is 36.7. The third-order valence-electron chi connectivity index (χ3n) is 10.7. The topological polar surface area (TPSA) is 94.2 Å². The fourth-order valence-corrected chi connectivity index (χ4v) is 9.67. The number of nitrogens with zero attached hydrogens (tertiary/aromatic N) is 1. The minimum atomic E-state index is -2.36. The highest BCUT2D eigenvalue weighted by Crippen LogP contribution is 2.57. The summed E-state index contributed by atoms with van der Waals surface area (Å²) in [6.07, 6.45) is 3.13. The number of hydrogen-bond donors (Lipinski definition) is 1. The Balaban J connectivity index is 1.68. The van der Waals surface area contributed by atoms with Gasteiger partial charge in [0.15, 0.2) is 14.1 Å². The smallest absolute Gasteiger partial charge is 0.410 e. The molecule has 1 aromatic carbocycles. The molecule has 1 aliphatic heterocycles. The van der Waals surface area contributed by atoms with E-state index in [-0.39, 0.29) is 46.2 Å². The first-order chi connectivity index (χ1) is 21.6. The number of likely N-dealkylation sites (tertiary alicyclic amines) is 1. The van der Waals surface area contributed by atoms with E-state index < -0.39 is 27.8 Å². The van der Waals surface area contributed by atoms with Crippen molar-refractivity contribution in [3.63, 3.8) is 0 Å². The van der Waals surface area contributed by atoms with E-state index >= 15 is 0 Å². The largest absolute Gasteiger partial charge is 0.543 e. The van der Waals surface area contributed by atoms with E-state index in [1.807, 2.05) is 32.9 Å². The number of nitrogens with one attached hydrogen (secondary N) is 1. The van der Waals surface area contributed by atoms with Gasteiger partial charge in [0, 0.05) is 29.0 Å². The van der Waals surface area contributed by atoms with Crippen molar-refractivity contribution in [2.24, 2.45) is 5.41 Å². The third-order valence-corrected chi connectivity index (χ3v) is 20.6. The van der Waals surface area contributed by atoms with Gasteiger partial charge in [0.05, 0.1) is 6.54 Å². The minimum absolute atomic E-state index is 0.0483. The molecule has 3 rings (SSSR count). The average Bonchev–Trinajstić information content (AvgIpc) is 2.87. The van der Waals surface area contributed by atoms with Gasteiger partial charge >= 0.3 is 6.09 Å². The molecule has 8 nitrogen and oxygen atoms in total. The maximum atomic E-state index is 14.0. The molecule has 2 aliphatic rings. The van der Waals surface area contributed by atoms with Crippen LogP contribution in [-0.2, 0) is 25.2 Å². The van der Waals surface area contributed by atoms with Crippen LogP contribution in [-0.4, -0.2) is 70.2 Å². The SMILES string of the molecule is CC(C)(C)OC(=O)N1CCCC2(C1)CC(O[Si](C)(C)C(C)(C)C)(C(=O)NCC(=O)CCc1c(Cl)cc(O[Si](C)(C)C(C)(C)C)cc1Br)C2. The molecular formula is C36H60BrClN2O6Si2. The summed E-state index contributed by atoms with van der Waals surface area (Å²) < 4.78 is 19.8. The molecule has 272 valence electrons. The molecule has 2 amide bonds. The van der Waals surface area contributed by atoms with E-state index in [4.69, 9.17) is 25.2 Å². The monoisotopic (exact) mass is 786 g/mol. The maximum Gasteiger partial charge on any atom is 0.410 e. The van der Waals surface area contributed by atoms with E-state index in [1.54, 1.807) is 4.90 Å². The molecule has 0 unspecified atom stereocenters. The van der Waals surface area contributed by atoms with Crippen molar-refractivity contribution in [3.8, 4) is 5.75 Å². The predicted octanol–water partition coefficient (Wildman–Crippen LogP) is 9.68. The Labute approximate surface area is 305 Å². The molecule has 0 aromatic heterocycles. The average molecular weight is 788 g/mol. The van der Waals surface area contributed by atoms with Crippen LogP contribution >= 0.6 is 27.5 Å². The van der Waals surface area contributed by atoms with Crippen molar-refractivity contribution in [3.05, 3.63) is 27.2 Å². The quantitative estimate of drug-likeness (QED) is 0.238. The predicted molar refractivity (Wildman–Crippen MR) is 203 cm³/mol. The lowest BCUT2D eigenvalue weighted by molar-refractivity contribution is -0.172. The molecule has 0 bridgehead atoms. The van der Waals surface area contributed by atoms with Gasteiger partial charge < -0.3 is 23.8 Å². The normalized spacial score (nSPS) is 22.3. The molecule has 1 saturated carbocycles. The summed E-state index contributed by atoms with van der Waals surface area (Å²) in [4.78, 5) is 41.8. The summed E-state index contributed by atoms with van der Waals surface area (Å²) in [5.41, 5.74) is -0.994. The molecular weight excluding hydrogens is 728 g/mol. The minimum Gasteiger partial charge on any atom is -0.543 e. The Hall–Kier alpha value is -1.41. The van der Waals surface area contributed by atoms with Crippen LogP contribution in [0.25, 0.3) is 0 Å². The number of piperidine rings is 1. The number of benzene rings is 1. The molecule has 48 heavy (non-hydrogen) atoms.